The van der Waals surface area contributed by atoms with Gasteiger partial charge in [-0.3, -0.25) is 4.79 Å². The molecule has 106 valence electrons. The van der Waals surface area contributed by atoms with Crippen LogP contribution in [0.1, 0.15) is 18.4 Å². The molecular formula is C14H21NO4. The first kappa shape index (κ1) is 15.1. The van der Waals surface area contributed by atoms with Crippen molar-refractivity contribution in [1.29, 1.82) is 0 Å². The molecule has 19 heavy (non-hydrogen) atoms. The molecule has 0 spiro atoms. The Bertz CT molecular complexity index is 432. The third-order valence-corrected chi connectivity index (χ3v) is 2.82. The van der Waals surface area contributed by atoms with E-state index in [1.807, 2.05) is 19.1 Å². The molecule has 5 nitrogen and oxygen atoms in total. The second-order valence-electron chi connectivity index (χ2n) is 4.13. The number of aryl methyl sites for hydroxylation is 1. The number of carbonyl (C=O) groups excluding carboxylic acids is 1. The number of rotatable bonds is 7. The highest BCUT2D eigenvalue weighted by molar-refractivity contribution is 5.69. The molecule has 0 unspecified atom stereocenters. The van der Waals surface area contributed by atoms with Crippen LogP contribution in [0.4, 0.5) is 5.69 Å². The standard InChI is InChI=1S/C14H21NO4/c1-10-8-13(18-3)11(9-12(10)17-2)15-7-5-6-14(16)19-4/h8-9,15H,5-7H2,1-4H3. The summed E-state index contributed by atoms with van der Waals surface area (Å²) >= 11 is 0. The third kappa shape index (κ3) is 4.35. The van der Waals surface area contributed by atoms with Crippen LogP contribution in [-0.2, 0) is 9.53 Å². The molecule has 0 amide bonds. The first-order valence-corrected chi connectivity index (χ1v) is 6.15. The number of esters is 1. The van der Waals surface area contributed by atoms with E-state index in [2.05, 4.69) is 10.1 Å². The van der Waals surface area contributed by atoms with Crippen molar-refractivity contribution in [2.24, 2.45) is 0 Å². The minimum Gasteiger partial charge on any atom is -0.496 e. The second kappa shape index (κ2) is 7.51. The fourth-order valence-electron chi connectivity index (χ4n) is 1.75. The molecule has 1 rings (SSSR count). The van der Waals surface area contributed by atoms with Crippen molar-refractivity contribution in [3.8, 4) is 11.5 Å². The van der Waals surface area contributed by atoms with E-state index in [4.69, 9.17) is 9.47 Å². The Morgan fingerprint density at radius 1 is 1.16 bits per heavy atom. The number of anilines is 1. The Morgan fingerprint density at radius 3 is 2.42 bits per heavy atom. The molecule has 0 aliphatic carbocycles. The lowest BCUT2D eigenvalue weighted by Crippen LogP contribution is -2.07. The van der Waals surface area contributed by atoms with Gasteiger partial charge in [0, 0.05) is 19.0 Å². The van der Waals surface area contributed by atoms with Crippen molar-refractivity contribution in [3.05, 3.63) is 17.7 Å². The van der Waals surface area contributed by atoms with Gasteiger partial charge in [0.25, 0.3) is 0 Å². The van der Waals surface area contributed by atoms with E-state index in [1.165, 1.54) is 7.11 Å². The van der Waals surface area contributed by atoms with Gasteiger partial charge < -0.3 is 19.5 Å². The largest absolute Gasteiger partial charge is 0.496 e. The Labute approximate surface area is 113 Å². The van der Waals surface area contributed by atoms with Crippen LogP contribution in [0.2, 0.25) is 0 Å². The molecule has 0 bridgehead atoms. The molecule has 0 saturated carbocycles. The van der Waals surface area contributed by atoms with Gasteiger partial charge in [-0.25, -0.2) is 0 Å². The van der Waals surface area contributed by atoms with Gasteiger partial charge >= 0.3 is 5.97 Å². The summed E-state index contributed by atoms with van der Waals surface area (Å²) < 4.78 is 15.2. The molecule has 0 saturated heterocycles. The topological polar surface area (TPSA) is 56.8 Å². The molecule has 0 atom stereocenters. The molecule has 0 radical (unpaired) electrons. The van der Waals surface area contributed by atoms with Crippen LogP contribution in [0.3, 0.4) is 0 Å². The number of hydrogen-bond acceptors (Lipinski definition) is 5. The van der Waals surface area contributed by atoms with Crippen molar-refractivity contribution in [3.63, 3.8) is 0 Å². The van der Waals surface area contributed by atoms with E-state index >= 15 is 0 Å². The van der Waals surface area contributed by atoms with Crippen LogP contribution in [0, 0.1) is 6.92 Å². The third-order valence-electron chi connectivity index (χ3n) is 2.82. The monoisotopic (exact) mass is 267 g/mol. The van der Waals surface area contributed by atoms with Gasteiger partial charge in [-0.2, -0.15) is 0 Å². The predicted molar refractivity (Wildman–Crippen MR) is 74.0 cm³/mol. The Balaban J connectivity index is 2.63. The van der Waals surface area contributed by atoms with E-state index in [0.29, 0.717) is 19.4 Å². The van der Waals surface area contributed by atoms with Crippen LogP contribution < -0.4 is 14.8 Å². The first-order valence-electron chi connectivity index (χ1n) is 6.15. The molecule has 1 aromatic carbocycles. The Hall–Kier alpha value is -1.91. The molecule has 0 aliphatic rings. The normalized spacial score (nSPS) is 9.89. The maximum Gasteiger partial charge on any atom is 0.305 e. The number of methoxy groups -OCH3 is 3. The highest BCUT2D eigenvalue weighted by Crippen LogP contribution is 2.32. The van der Waals surface area contributed by atoms with Crippen LogP contribution in [0.15, 0.2) is 12.1 Å². The van der Waals surface area contributed by atoms with Crippen molar-refractivity contribution in [2.45, 2.75) is 19.8 Å². The average molecular weight is 267 g/mol. The molecule has 0 aromatic heterocycles. The van der Waals surface area contributed by atoms with Crippen molar-refractivity contribution in [1.82, 2.24) is 0 Å². The fraction of sp³-hybridized carbons (Fsp3) is 0.500. The lowest BCUT2D eigenvalue weighted by molar-refractivity contribution is -0.140. The molecule has 0 heterocycles. The van der Waals surface area contributed by atoms with Gasteiger partial charge in [0.1, 0.15) is 11.5 Å². The van der Waals surface area contributed by atoms with Gasteiger partial charge in [-0.15, -0.1) is 0 Å². The summed E-state index contributed by atoms with van der Waals surface area (Å²) in [4.78, 5) is 11.0. The van der Waals surface area contributed by atoms with Crippen molar-refractivity contribution >= 4 is 11.7 Å². The van der Waals surface area contributed by atoms with Crippen molar-refractivity contribution in [2.75, 3.05) is 33.2 Å². The molecular weight excluding hydrogens is 246 g/mol. The molecule has 1 N–H and O–H groups in total. The average Bonchev–Trinajstić information content (AvgIpc) is 2.43. The van der Waals surface area contributed by atoms with E-state index in [-0.39, 0.29) is 5.97 Å². The zero-order valence-electron chi connectivity index (χ0n) is 11.9. The molecule has 0 fully saturated rings. The van der Waals surface area contributed by atoms with Crippen LogP contribution in [0.5, 0.6) is 11.5 Å². The van der Waals surface area contributed by atoms with E-state index < -0.39 is 0 Å². The van der Waals surface area contributed by atoms with E-state index in [0.717, 1.165) is 22.7 Å². The van der Waals surface area contributed by atoms with Crippen LogP contribution >= 0.6 is 0 Å². The van der Waals surface area contributed by atoms with Crippen molar-refractivity contribution < 1.29 is 19.0 Å². The number of nitrogens with one attached hydrogen (secondary N) is 1. The van der Waals surface area contributed by atoms with Gasteiger partial charge in [0.15, 0.2) is 0 Å². The highest BCUT2D eigenvalue weighted by Gasteiger charge is 2.08. The van der Waals surface area contributed by atoms with Gasteiger partial charge in [0.05, 0.1) is 27.0 Å². The summed E-state index contributed by atoms with van der Waals surface area (Å²) in [6, 6.07) is 3.81. The summed E-state index contributed by atoms with van der Waals surface area (Å²) in [5, 5.41) is 3.23. The van der Waals surface area contributed by atoms with Gasteiger partial charge in [-0.1, -0.05) is 0 Å². The smallest absolute Gasteiger partial charge is 0.305 e. The predicted octanol–water partition coefficient (Wildman–Crippen LogP) is 2.38. The summed E-state index contributed by atoms with van der Waals surface area (Å²) in [6.45, 7) is 2.63. The number of ether oxygens (including phenoxy) is 3. The lowest BCUT2D eigenvalue weighted by Gasteiger charge is -2.14. The number of carbonyl (C=O) groups is 1. The second-order valence-corrected chi connectivity index (χ2v) is 4.13. The SMILES string of the molecule is COC(=O)CCCNc1cc(OC)c(C)cc1OC. The quantitative estimate of drug-likeness (QED) is 0.607. The van der Waals surface area contributed by atoms with Gasteiger partial charge in [0.2, 0.25) is 0 Å². The van der Waals surface area contributed by atoms with Crippen LogP contribution in [0.25, 0.3) is 0 Å². The molecule has 5 heteroatoms. The first-order chi connectivity index (χ1) is 9.12. The number of hydrogen-bond donors (Lipinski definition) is 1. The van der Waals surface area contributed by atoms with Gasteiger partial charge in [-0.05, 0) is 25.0 Å². The van der Waals surface area contributed by atoms with E-state index in [9.17, 15) is 4.79 Å². The maximum absolute atomic E-state index is 11.0. The zero-order chi connectivity index (χ0) is 14.3. The molecule has 0 aliphatic heterocycles. The summed E-state index contributed by atoms with van der Waals surface area (Å²) in [6.07, 6.45) is 1.10. The summed E-state index contributed by atoms with van der Waals surface area (Å²) in [5.41, 5.74) is 1.87. The Kier molecular flexibility index (Phi) is 5.99. The highest BCUT2D eigenvalue weighted by atomic mass is 16.5. The number of benzene rings is 1. The minimum atomic E-state index is -0.199. The zero-order valence-corrected chi connectivity index (χ0v) is 11.9. The summed E-state index contributed by atoms with van der Waals surface area (Å²) in [5.74, 6) is 1.36. The Morgan fingerprint density at radius 2 is 1.84 bits per heavy atom. The minimum absolute atomic E-state index is 0.199. The molecule has 1 aromatic rings. The lowest BCUT2D eigenvalue weighted by atomic mass is 10.1. The summed E-state index contributed by atoms with van der Waals surface area (Å²) in [7, 11) is 4.65. The van der Waals surface area contributed by atoms with Crippen LogP contribution in [-0.4, -0.2) is 33.8 Å². The van der Waals surface area contributed by atoms with E-state index in [1.54, 1.807) is 14.2 Å². The fourth-order valence-corrected chi connectivity index (χ4v) is 1.75. The maximum atomic E-state index is 11.0.